The van der Waals surface area contributed by atoms with E-state index in [2.05, 4.69) is 15.3 Å². The van der Waals surface area contributed by atoms with Crippen LogP contribution in [-0.4, -0.2) is 29.6 Å². The average Bonchev–Trinajstić information content (AvgIpc) is 3.11. The Kier molecular flexibility index (Phi) is 4.50. The summed E-state index contributed by atoms with van der Waals surface area (Å²) >= 11 is 0. The molecule has 7 heteroatoms. The van der Waals surface area contributed by atoms with E-state index in [9.17, 15) is 4.79 Å². The number of carbonyl (C=O) groups excluding carboxylic acids is 1. The first-order valence-corrected chi connectivity index (χ1v) is 7.81. The van der Waals surface area contributed by atoms with Gasteiger partial charge in [-0.1, -0.05) is 12.1 Å². The monoisotopic (exact) mass is 328 g/mol. The molecular weight excluding hydrogens is 308 g/mol. The zero-order chi connectivity index (χ0) is 17.1. The highest BCUT2D eigenvalue weighted by Gasteiger charge is 2.17. The molecule has 0 aliphatic carbocycles. The lowest BCUT2D eigenvalue weighted by Crippen LogP contribution is -2.12. The predicted octanol–water partition coefficient (Wildman–Crippen LogP) is 2.19. The highest BCUT2D eigenvalue weighted by atomic mass is 16.5. The molecule has 24 heavy (non-hydrogen) atoms. The lowest BCUT2D eigenvalue weighted by atomic mass is 10.1. The van der Waals surface area contributed by atoms with Crippen molar-refractivity contribution < 1.29 is 13.9 Å². The number of aryl methyl sites for hydroxylation is 3. The summed E-state index contributed by atoms with van der Waals surface area (Å²) in [5.74, 6) is 0.425. The van der Waals surface area contributed by atoms with Gasteiger partial charge in [0.1, 0.15) is 6.61 Å². The summed E-state index contributed by atoms with van der Waals surface area (Å²) in [5.41, 5.74) is 7.96. The Hall–Kier alpha value is -2.83. The van der Waals surface area contributed by atoms with Crippen LogP contribution in [0.1, 0.15) is 34.1 Å². The van der Waals surface area contributed by atoms with E-state index in [1.807, 2.05) is 24.3 Å². The Labute approximate surface area is 139 Å². The van der Waals surface area contributed by atoms with Crippen LogP contribution in [0.3, 0.4) is 0 Å². The van der Waals surface area contributed by atoms with Gasteiger partial charge in [0, 0.05) is 12.6 Å². The number of nitrogens with two attached hydrogens (primary N) is 1. The maximum atomic E-state index is 12.2. The van der Waals surface area contributed by atoms with Crippen LogP contribution in [0.25, 0.3) is 0 Å². The molecule has 1 aliphatic rings. The fourth-order valence-corrected chi connectivity index (χ4v) is 2.60. The van der Waals surface area contributed by atoms with Crippen LogP contribution < -0.4 is 11.1 Å². The number of rotatable bonds is 5. The number of amidine groups is 1. The van der Waals surface area contributed by atoms with Gasteiger partial charge in [0.15, 0.2) is 5.89 Å². The van der Waals surface area contributed by atoms with Crippen LogP contribution in [0.2, 0.25) is 0 Å². The highest BCUT2D eigenvalue weighted by Crippen LogP contribution is 2.16. The third-order valence-electron chi connectivity index (χ3n) is 3.82. The van der Waals surface area contributed by atoms with Gasteiger partial charge in [-0.05, 0) is 37.5 Å². The van der Waals surface area contributed by atoms with Crippen LogP contribution >= 0.6 is 0 Å². The topological polar surface area (TPSA) is 103 Å². The molecule has 1 aliphatic heterocycles. The number of carbonyl (C=O) groups is 1. The van der Waals surface area contributed by atoms with Crippen LogP contribution in [0.5, 0.6) is 0 Å². The predicted molar refractivity (Wildman–Crippen MR) is 90.1 cm³/mol. The Morgan fingerprint density at radius 1 is 1.33 bits per heavy atom. The molecule has 1 amide bonds. The Balaban J connectivity index is 1.56. The standard InChI is InChI=1S/C17H20N4O3/c1-10-15(24-11(2)19-10)16(22)20-13-6-3-12(4-7-13)5-8-14-9-23-17(18)21-14/h3-4,6-7,14H,5,8-9H2,1-2H3,(H2,18,21)(H,20,22)/t14-/m0/s1. The van der Waals surface area contributed by atoms with E-state index in [0.717, 1.165) is 12.8 Å². The third-order valence-corrected chi connectivity index (χ3v) is 3.82. The molecule has 1 aromatic carbocycles. The van der Waals surface area contributed by atoms with Crippen molar-refractivity contribution in [2.24, 2.45) is 10.7 Å². The van der Waals surface area contributed by atoms with Gasteiger partial charge >= 0.3 is 0 Å². The zero-order valence-electron chi connectivity index (χ0n) is 13.7. The smallest absolute Gasteiger partial charge is 0.293 e. The molecule has 0 saturated carbocycles. The number of amides is 1. The second-order valence-electron chi connectivity index (χ2n) is 5.77. The van der Waals surface area contributed by atoms with E-state index in [1.165, 1.54) is 5.56 Å². The molecule has 3 rings (SSSR count). The van der Waals surface area contributed by atoms with E-state index in [4.69, 9.17) is 14.9 Å². The first kappa shape index (κ1) is 16.0. The molecule has 1 aromatic heterocycles. The zero-order valence-corrected chi connectivity index (χ0v) is 13.7. The normalized spacial score (nSPS) is 16.6. The largest absolute Gasteiger partial charge is 0.463 e. The fraction of sp³-hybridized carbons (Fsp3) is 0.353. The summed E-state index contributed by atoms with van der Waals surface area (Å²) in [6, 6.07) is 8.11. The van der Waals surface area contributed by atoms with E-state index in [0.29, 0.717) is 23.9 Å². The van der Waals surface area contributed by atoms with Gasteiger partial charge in [-0.15, -0.1) is 0 Å². The van der Waals surface area contributed by atoms with Gasteiger partial charge in [0.25, 0.3) is 11.9 Å². The number of nitrogens with one attached hydrogen (secondary N) is 1. The molecule has 7 nitrogen and oxygen atoms in total. The van der Waals surface area contributed by atoms with Crippen molar-refractivity contribution in [3.63, 3.8) is 0 Å². The number of oxazole rings is 1. The van der Waals surface area contributed by atoms with Crippen molar-refractivity contribution in [3.8, 4) is 0 Å². The van der Waals surface area contributed by atoms with Crippen molar-refractivity contribution in [2.45, 2.75) is 32.7 Å². The van der Waals surface area contributed by atoms with E-state index < -0.39 is 0 Å². The van der Waals surface area contributed by atoms with Crippen molar-refractivity contribution in [3.05, 3.63) is 47.2 Å². The summed E-state index contributed by atoms with van der Waals surface area (Å²) in [7, 11) is 0. The molecule has 0 spiro atoms. The van der Waals surface area contributed by atoms with Crippen molar-refractivity contribution in [1.29, 1.82) is 0 Å². The fourth-order valence-electron chi connectivity index (χ4n) is 2.60. The second kappa shape index (κ2) is 6.74. The summed E-state index contributed by atoms with van der Waals surface area (Å²) in [5, 5.41) is 2.81. The van der Waals surface area contributed by atoms with Crippen molar-refractivity contribution in [1.82, 2.24) is 4.98 Å². The number of benzene rings is 1. The summed E-state index contributed by atoms with van der Waals surface area (Å²) in [4.78, 5) is 20.5. The number of aromatic nitrogens is 1. The third kappa shape index (κ3) is 3.73. The number of anilines is 1. The molecule has 0 bridgehead atoms. The molecule has 0 saturated heterocycles. The number of aliphatic imine (C=N–C) groups is 1. The summed E-state index contributed by atoms with van der Waals surface area (Å²) in [6.07, 6.45) is 1.75. The molecule has 2 heterocycles. The quantitative estimate of drug-likeness (QED) is 0.876. The van der Waals surface area contributed by atoms with Crippen molar-refractivity contribution in [2.75, 3.05) is 11.9 Å². The second-order valence-corrected chi connectivity index (χ2v) is 5.77. The van der Waals surface area contributed by atoms with Gasteiger partial charge in [-0.3, -0.25) is 4.79 Å². The van der Waals surface area contributed by atoms with Crippen molar-refractivity contribution >= 4 is 17.6 Å². The highest BCUT2D eigenvalue weighted by molar-refractivity contribution is 6.02. The molecule has 2 aromatic rings. The Morgan fingerprint density at radius 3 is 2.67 bits per heavy atom. The number of hydrogen-bond donors (Lipinski definition) is 2. The minimum atomic E-state index is -0.297. The molecule has 0 fully saturated rings. The molecular formula is C17H20N4O3. The Morgan fingerprint density at radius 2 is 2.08 bits per heavy atom. The first-order chi connectivity index (χ1) is 11.5. The van der Waals surface area contributed by atoms with Gasteiger partial charge < -0.3 is 20.2 Å². The van der Waals surface area contributed by atoms with Gasteiger partial charge in [0.2, 0.25) is 5.76 Å². The molecule has 126 valence electrons. The minimum absolute atomic E-state index is 0.127. The first-order valence-electron chi connectivity index (χ1n) is 7.81. The van der Waals surface area contributed by atoms with Gasteiger partial charge in [-0.2, -0.15) is 0 Å². The molecule has 0 unspecified atom stereocenters. The number of ether oxygens (including phenoxy) is 1. The SMILES string of the molecule is Cc1nc(C)c(C(=O)Nc2ccc(CC[C@H]3COC(N)=N3)cc2)o1. The molecule has 1 atom stereocenters. The van der Waals surface area contributed by atoms with E-state index >= 15 is 0 Å². The average molecular weight is 328 g/mol. The number of nitrogens with zero attached hydrogens (tertiary/aromatic N) is 2. The van der Waals surface area contributed by atoms with E-state index in [1.54, 1.807) is 13.8 Å². The summed E-state index contributed by atoms with van der Waals surface area (Å²) < 4.78 is 10.5. The lowest BCUT2D eigenvalue weighted by Gasteiger charge is -2.07. The number of hydrogen-bond acceptors (Lipinski definition) is 6. The van der Waals surface area contributed by atoms with Gasteiger partial charge in [0.05, 0.1) is 11.7 Å². The summed E-state index contributed by atoms with van der Waals surface area (Å²) in [6.45, 7) is 4.01. The molecule has 3 N–H and O–H groups in total. The van der Waals surface area contributed by atoms with Crippen LogP contribution in [0, 0.1) is 13.8 Å². The van der Waals surface area contributed by atoms with Crippen LogP contribution in [0.4, 0.5) is 5.69 Å². The Bertz CT molecular complexity index is 765. The minimum Gasteiger partial charge on any atom is -0.463 e. The maximum Gasteiger partial charge on any atom is 0.293 e. The molecule has 0 radical (unpaired) electrons. The van der Waals surface area contributed by atoms with E-state index in [-0.39, 0.29) is 23.7 Å². The van der Waals surface area contributed by atoms with Crippen LogP contribution in [-0.2, 0) is 11.2 Å². The van der Waals surface area contributed by atoms with Crippen LogP contribution in [0.15, 0.2) is 33.7 Å². The lowest BCUT2D eigenvalue weighted by molar-refractivity contribution is 0.0994. The maximum absolute atomic E-state index is 12.2. The van der Waals surface area contributed by atoms with Gasteiger partial charge in [-0.25, -0.2) is 9.98 Å².